The summed E-state index contributed by atoms with van der Waals surface area (Å²) < 4.78 is 4.57. The van der Waals surface area contributed by atoms with Crippen LogP contribution < -0.4 is 11.5 Å². The van der Waals surface area contributed by atoms with Gasteiger partial charge in [0, 0.05) is 13.7 Å². The minimum atomic E-state index is 0.622. The van der Waals surface area contributed by atoms with Gasteiger partial charge in [0.25, 0.3) is 0 Å². The van der Waals surface area contributed by atoms with Gasteiger partial charge in [-0.3, -0.25) is 0 Å². The molecule has 0 aliphatic rings. The first-order valence-corrected chi connectivity index (χ1v) is 2.47. The van der Waals surface area contributed by atoms with Gasteiger partial charge in [-0.1, -0.05) is 0 Å². The number of hydrogen-bond acceptors (Lipinski definition) is 4. The van der Waals surface area contributed by atoms with Crippen molar-refractivity contribution >= 4 is 6.79 Å². The SMILES string of the molecule is C=O.CN.COCCN. The summed E-state index contributed by atoms with van der Waals surface area (Å²) in [6.45, 7) is 3.29. The van der Waals surface area contributed by atoms with Crippen LogP contribution in [-0.4, -0.2) is 34.1 Å². The highest BCUT2D eigenvalue weighted by Crippen LogP contribution is 1.53. The Labute approximate surface area is 56.2 Å². The average molecular weight is 136 g/mol. The molecule has 0 atom stereocenters. The Morgan fingerprint density at radius 2 is 1.78 bits per heavy atom. The van der Waals surface area contributed by atoms with Crippen LogP contribution in [-0.2, 0) is 9.53 Å². The van der Waals surface area contributed by atoms with E-state index in [0.717, 1.165) is 0 Å². The van der Waals surface area contributed by atoms with Crippen LogP contribution >= 0.6 is 0 Å². The molecule has 4 heteroatoms. The van der Waals surface area contributed by atoms with E-state index in [1.165, 1.54) is 7.05 Å². The van der Waals surface area contributed by atoms with Crippen molar-refractivity contribution in [3.8, 4) is 0 Å². The van der Waals surface area contributed by atoms with Crippen LogP contribution in [0.15, 0.2) is 0 Å². The Bertz CT molecular complexity index is 26.9. The summed E-state index contributed by atoms with van der Waals surface area (Å²) in [5, 5.41) is 0. The van der Waals surface area contributed by atoms with Crippen molar-refractivity contribution in [2.24, 2.45) is 11.5 Å². The second-order valence-electron chi connectivity index (χ2n) is 0.781. The van der Waals surface area contributed by atoms with Gasteiger partial charge in [0.1, 0.15) is 6.79 Å². The van der Waals surface area contributed by atoms with Crippen molar-refractivity contribution in [1.82, 2.24) is 0 Å². The van der Waals surface area contributed by atoms with E-state index in [1.54, 1.807) is 7.11 Å². The summed E-state index contributed by atoms with van der Waals surface area (Å²) in [7, 11) is 3.13. The molecule has 0 aromatic heterocycles. The summed E-state index contributed by atoms with van der Waals surface area (Å²) in [4.78, 5) is 8.00. The van der Waals surface area contributed by atoms with Gasteiger partial charge in [-0.2, -0.15) is 0 Å². The van der Waals surface area contributed by atoms with E-state index in [1.807, 2.05) is 6.79 Å². The first-order valence-electron chi connectivity index (χ1n) is 2.47. The lowest BCUT2D eigenvalue weighted by molar-refractivity contribution is -0.0979. The first kappa shape index (κ1) is 15.8. The van der Waals surface area contributed by atoms with E-state index in [-0.39, 0.29) is 0 Å². The highest BCUT2D eigenvalue weighted by molar-refractivity contribution is 5.10. The first-order chi connectivity index (χ1) is 4.41. The van der Waals surface area contributed by atoms with Crippen LogP contribution in [0.2, 0.25) is 0 Å². The van der Waals surface area contributed by atoms with Crippen LogP contribution in [0, 0.1) is 0 Å². The standard InChI is InChI=1S/C3H9NO.CH5N.CH2O/c1-5-3-2-4;2*1-2/h2-4H2,1H3;2H2,1H3;1H2. The third kappa shape index (κ3) is 96.8. The molecule has 0 radical (unpaired) electrons. The van der Waals surface area contributed by atoms with Gasteiger partial charge in [0.2, 0.25) is 0 Å². The molecule has 0 saturated heterocycles. The predicted molar refractivity (Wildman–Crippen MR) is 38.2 cm³/mol. The lowest BCUT2D eigenvalue weighted by Crippen LogP contribution is -2.05. The summed E-state index contributed by atoms with van der Waals surface area (Å²) in [6, 6.07) is 0. The average Bonchev–Trinajstić information content (AvgIpc) is 1.98. The maximum Gasteiger partial charge on any atom is 0.106 e. The molecule has 0 spiro atoms. The van der Waals surface area contributed by atoms with Crippen LogP contribution in [0.3, 0.4) is 0 Å². The molecular weight excluding hydrogens is 120 g/mol. The molecule has 0 amide bonds. The van der Waals surface area contributed by atoms with E-state index >= 15 is 0 Å². The largest absolute Gasteiger partial charge is 0.383 e. The van der Waals surface area contributed by atoms with E-state index in [9.17, 15) is 0 Å². The minimum Gasteiger partial charge on any atom is -0.383 e. The fourth-order valence-corrected chi connectivity index (χ4v) is 0.118. The zero-order chi connectivity index (χ0) is 8.12. The number of ether oxygens (including phenoxy) is 1. The molecular formula is C5H16N2O2. The molecule has 0 bridgehead atoms. The Morgan fingerprint density at radius 3 is 1.78 bits per heavy atom. The smallest absolute Gasteiger partial charge is 0.106 e. The van der Waals surface area contributed by atoms with Gasteiger partial charge in [-0.25, -0.2) is 0 Å². The van der Waals surface area contributed by atoms with Crippen LogP contribution in [0.1, 0.15) is 0 Å². The predicted octanol–water partition coefficient (Wildman–Crippen LogP) is -1.02. The summed E-state index contributed by atoms with van der Waals surface area (Å²) in [5.41, 5.74) is 9.51. The summed E-state index contributed by atoms with van der Waals surface area (Å²) >= 11 is 0. The molecule has 0 saturated carbocycles. The van der Waals surface area contributed by atoms with Gasteiger partial charge < -0.3 is 21.0 Å². The van der Waals surface area contributed by atoms with Gasteiger partial charge in [0.05, 0.1) is 6.61 Å². The number of rotatable bonds is 2. The molecule has 0 aliphatic carbocycles. The Morgan fingerprint density at radius 1 is 1.44 bits per heavy atom. The lowest BCUT2D eigenvalue weighted by atomic mass is 10.7. The fourth-order valence-electron chi connectivity index (χ4n) is 0.118. The molecule has 0 aromatic carbocycles. The zero-order valence-corrected chi connectivity index (χ0v) is 6.09. The highest BCUT2D eigenvalue weighted by atomic mass is 16.5. The van der Waals surface area contributed by atoms with E-state index in [2.05, 4.69) is 10.5 Å². The Balaban J connectivity index is -0.0000000771. The number of carbonyl (C=O) groups excluding carboxylic acids is 1. The Kier molecular flexibility index (Phi) is 87.6. The van der Waals surface area contributed by atoms with Gasteiger partial charge in [0.15, 0.2) is 0 Å². The topological polar surface area (TPSA) is 78.3 Å². The van der Waals surface area contributed by atoms with Crippen LogP contribution in [0.4, 0.5) is 0 Å². The van der Waals surface area contributed by atoms with E-state index < -0.39 is 0 Å². The van der Waals surface area contributed by atoms with Gasteiger partial charge >= 0.3 is 0 Å². The molecule has 0 aliphatic heterocycles. The third-order valence-electron chi connectivity index (χ3n) is 0.322. The van der Waals surface area contributed by atoms with Crippen molar-refractivity contribution in [3.05, 3.63) is 0 Å². The molecule has 0 fully saturated rings. The summed E-state index contributed by atoms with van der Waals surface area (Å²) in [6.07, 6.45) is 0. The maximum atomic E-state index is 8.00. The molecule has 0 heterocycles. The maximum absolute atomic E-state index is 8.00. The zero-order valence-electron chi connectivity index (χ0n) is 6.09. The van der Waals surface area contributed by atoms with Crippen LogP contribution in [0.5, 0.6) is 0 Å². The van der Waals surface area contributed by atoms with Crippen molar-refractivity contribution in [2.75, 3.05) is 27.3 Å². The lowest BCUT2D eigenvalue weighted by Gasteiger charge is -1.85. The molecule has 9 heavy (non-hydrogen) atoms. The van der Waals surface area contributed by atoms with Crippen molar-refractivity contribution in [3.63, 3.8) is 0 Å². The number of hydrogen-bond donors (Lipinski definition) is 2. The molecule has 58 valence electrons. The second-order valence-corrected chi connectivity index (χ2v) is 0.781. The normalized spacial score (nSPS) is 5.78. The third-order valence-corrected chi connectivity index (χ3v) is 0.322. The van der Waals surface area contributed by atoms with E-state index in [4.69, 9.17) is 10.5 Å². The number of methoxy groups -OCH3 is 1. The van der Waals surface area contributed by atoms with Crippen LogP contribution in [0.25, 0.3) is 0 Å². The molecule has 0 unspecified atom stereocenters. The monoisotopic (exact) mass is 136 g/mol. The fraction of sp³-hybridized carbons (Fsp3) is 0.800. The molecule has 0 rings (SSSR count). The highest BCUT2D eigenvalue weighted by Gasteiger charge is 1.65. The van der Waals surface area contributed by atoms with Crippen molar-refractivity contribution in [2.45, 2.75) is 0 Å². The number of nitrogens with two attached hydrogens (primary N) is 2. The quantitative estimate of drug-likeness (QED) is 0.509. The van der Waals surface area contributed by atoms with Gasteiger partial charge in [-0.05, 0) is 7.05 Å². The minimum absolute atomic E-state index is 0.622. The van der Waals surface area contributed by atoms with Crippen molar-refractivity contribution in [1.29, 1.82) is 0 Å². The molecule has 0 aromatic rings. The van der Waals surface area contributed by atoms with Crippen molar-refractivity contribution < 1.29 is 9.53 Å². The number of carbonyl (C=O) groups is 1. The Hall–Kier alpha value is -0.450. The summed E-state index contributed by atoms with van der Waals surface area (Å²) in [5.74, 6) is 0. The van der Waals surface area contributed by atoms with Gasteiger partial charge in [-0.15, -0.1) is 0 Å². The molecule has 4 N–H and O–H groups in total. The molecule has 4 nitrogen and oxygen atoms in total. The second kappa shape index (κ2) is 49.8. The van der Waals surface area contributed by atoms with E-state index in [0.29, 0.717) is 13.2 Å².